The number of fused-ring (bicyclic) bond motifs is 1. The van der Waals surface area contributed by atoms with E-state index in [4.69, 9.17) is 33.3 Å². The molecule has 17 nitrogen and oxygen atoms in total. The number of carbonyl (C=O) groups excluding carboxylic acids is 8. The Hall–Kier alpha value is -5.68. The lowest BCUT2D eigenvalue weighted by molar-refractivity contribution is -0.257. The predicted molar refractivity (Wildman–Crippen MR) is 163 cm³/mol. The summed E-state index contributed by atoms with van der Waals surface area (Å²) in [4.78, 5) is 106. The highest BCUT2D eigenvalue weighted by molar-refractivity contribution is 6.20. The Balaban J connectivity index is 1.60. The van der Waals surface area contributed by atoms with Gasteiger partial charge >= 0.3 is 29.8 Å². The molecule has 0 saturated carbocycles. The van der Waals surface area contributed by atoms with E-state index >= 15 is 0 Å². The van der Waals surface area contributed by atoms with Crippen LogP contribution in [0.3, 0.4) is 0 Å². The molecule has 2 aliphatic rings. The average Bonchev–Trinajstić information content (AvgIpc) is 3.29. The van der Waals surface area contributed by atoms with Gasteiger partial charge in [0.1, 0.15) is 19.3 Å². The molecule has 0 aromatic heterocycles. The fourth-order valence-corrected chi connectivity index (χ4v) is 5.11. The predicted octanol–water partition coefficient (Wildman–Crippen LogP) is 0.916. The number of hydroxylamine groups is 2. The van der Waals surface area contributed by atoms with Gasteiger partial charge in [-0.15, -0.1) is 5.06 Å². The van der Waals surface area contributed by atoms with Crippen molar-refractivity contribution in [3.05, 3.63) is 71.3 Å². The van der Waals surface area contributed by atoms with E-state index in [9.17, 15) is 38.4 Å². The van der Waals surface area contributed by atoms with Crippen molar-refractivity contribution >= 4 is 47.6 Å². The Labute approximate surface area is 284 Å². The first-order valence-electron chi connectivity index (χ1n) is 15.2. The van der Waals surface area contributed by atoms with Crippen molar-refractivity contribution in [2.75, 3.05) is 6.61 Å². The van der Waals surface area contributed by atoms with Crippen LogP contribution in [-0.2, 0) is 68.6 Å². The summed E-state index contributed by atoms with van der Waals surface area (Å²) >= 11 is 0. The Bertz CT molecular complexity index is 1610. The zero-order chi connectivity index (χ0) is 36.5. The van der Waals surface area contributed by atoms with Gasteiger partial charge in [0.05, 0.1) is 17.5 Å². The average molecular weight is 699 g/mol. The number of imide groups is 1. The summed E-state index contributed by atoms with van der Waals surface area (Å²) in [5.74, 6) is -7.31. The van der Waals surface area contributed by atoms with Gasteiger partial charge in [-0.25, -0.2) is 9.63 Å². The van der Waals surface area contributed by atoms with E-state index in [0.717, 1.165) is 27.7 Å². The number of amides is 3. The molecule has 2 aliphatic heterocycles. The molecular weight excluding hydrogens is 664 g/mol. The van der Waals surface area contributed by atoms with Crippen LogP contribution in [0.2, 0.25) is 0 Å². The Morgan fingerprint density at radius 1 is 0.720 bits per heavy atom. The van der Waals surface area contributed by atoms with E-state index in [1.807, 2.05) is 0 Å². The molecule has 1 saturated heterocycles. The largest absolute Gasteiger partial charge is 0.463 e. The van der Waals surface area contributed by atoms with Crippen molar-refractivity contribution in [1.82, 2.24) is 10.4 Å². The molecule has 4 rings (SSSR count). The Morgan fingerprint density at radius 2 is 1.26 bits per heavy atom. The van der Waals surface area contributed by atoms with Gasteiger partial charge in [0.15, 0.2) is 30.6 Å². The van der Waals surface area contributed by atoms with E-state index in [-0.39, 0.29) is 17.7 Å². The summed E-state index contributed by atoms with van der Waals surface area (Å²) in [7, 11) is 0. The summed E-state index contributed by atoms with van der Waals surface area (Å²) in [5, 5.41) is 2.75. The number of carbonyl (C=O) groups is 8. The lowest BCUT2D eigenvalue weighted by Gasteiger charge is -2.44. The molecule has 1 N–H and O–H groups in total. The van der Waals surface area contributed by atoms with Crippen molar-refractivity contribution in [2.24, 2.45) is 0 Å². The minimum Gasteiger partial charge on any atom is -0.463 e. The van der Waals surface area contributed by atoms with Crippen LogP contribution in [-0.4, -0.2) is 96.0 Å². The van der Waals surface area contributed by atoms with Crippen LogP contribution in [0.4, 0.5) is 0 Å². The quantitative estimate of drug-likeness (QED) is 0.175. The van der Waals surface area contributed by atoms with E-state index in [0.29, 0.717) is 10.6 Å². The highest BCUT2D eigenvalue weighted by atomic mass is 16.7. The number of benzene rings is 2. The zero-order valence-corrected chi connectivity index (χ0v) is 27.4. The maximum atomic E-state index is 13.6. The molecule has 0 radical (unpaired) electrons. The topological polar surface area (TPSA) is 216 Å². The van der Waals surface area contributed by atoms with Crippen LogP contribution in [0.25, 0.3) is 0 Å². The molecule has 0 spiro atoms. The third-order valence-electron chi connectivity index (χ3n) is 7.14. The Morgan fingerprint density at radius 3 is 1.82 bits per heavy atom. The van der Waals surface area contributed by atoms with Crippen LogP contribution < -0.4 is 5.32 Å². The first-order chi connectivity index (χ1) is 23.7. The number of hydrogen-bond donors (Lipinski definition) is 1. The summed E-state index contributed by atoms with van der Waals surface area (Å²) in [6.07, 6.45) is -10.5. The smallest absolute Gasteiger partial charge is 0.338 e. The van der Waals surface area contributed by atoms with Gasteiger partial charge in [-0.2, -0.15) is 0 Å². The van der Waals surface area contributed by atoms with Crippen molar-refractivity contribution in [1.29, 1.82) is 0 Å². The zero-order valence-electron chi connectivity index (χ0n) is 27.4. The van der Waals surface area contributed by atoms with Crippen LogP contribution in [0, 0.1) is 0 Å². The third kappa shape index (κ3) is 9.48. The highest BCUT2D eigenvalue weighted by Gasteiger charge is 2.53. The van der Waals surface area contributed by atoms with Crippen LogP contribution in [0.1, 0.15) is 60.4 Å². The maximum Gasteiger partial charge on any atom is 0.338 e. The molecule has 2 aromatic rings. The third-order valence-corrected chi connectivity index (χ3v) is 7.14. The molecule has 17 heteroatoms. The molecule has 6 atom stereocenters. The van der Waals surface area contributed by atoms with Gasteiger partial charge in [-0.1, -0.05) is 42.5 Å². The summed E-state index contributed by atoms with van der Waals surface area (Å²) in [5.41, 5.74) is 0.606. The van der Waals surface area contributed by atoms with Gasteiger partial charge in [0.2, 0.25) is 5.91 Å². The number of nitrogens with zero attached hydrogens (tertiary/aromatic N) is 1. The lowest BCUT2D eigenvalue weighted by atomic mass is 9.97. The summed E-state index contributed by atoms with van der Waals surface area (Å²) in [6.45, 7) is 3.39. The minimum absolute atomic E-state index is 0.0100. The molecule has 2 aromatic carbocycles. The second kappa shape index (κ2) is 16.6. The number of nitrogens with one attached hydrogen (secondary N) is 1. The van der Waals surface area contributed by atoms with E-state index in [1.54, 1.807) is 30.3 Å². The van der Waals surface area contributed by atoms with Crippen molar-refractivity contribution in [3.63, 3.8) is 0 Å². The minimum atomic E-state index is -1.88. The monoisotopic (exact) mass is 698 g/mol. The van der Waals surface area contributed by atoms with E-state index < -0.39 is 97.3 Å². The molecule has 2 heterocycles. The SMILES string of the molecule is CC(=O)OC[C@H]1O[C@@H](NC(=O)C[C@@H](ON2C(=O)c3ccccc3C2=O)C(=O)OCc2ccccc2)[C@H](OC(C)=O)[C@@H](OC(C)=O)[C@@H]1OC(C)=O. The number of ether oxygens (including phenoxy) is 6. The molecule has 50 heavy (non-hydrogen) atoms. The van der Waals surface area contributed by atoms with E-state index in [1.165, 1.54) is 24.3 Å². The molecule has 0 unspecified atom stereocenters. The summed E-state index contributed by atoms with van der Waals surface area (Å²) in [6, 6.07) is 14.3. The normalized spacial score (nSPS) is 21.7. The van der Waals surface area contributed by atoms with Gasteiger partial charge in [-0.3, -0.25) is 33.6 Å². The van der Waals surface area contributed by atoms with Crippen molar-refractivity contribution in [2.45, 2.75) is 77.5 Å². The van der Waals surface area contributed by atoms with Crippen LogP contribution in [0.15, 0.2) is 54.6 Å². The standard InChI is InChI=1S/C33H34N2O15/c1-17(36)44-16-25-27(46-18(2)37)28(47-19(3)38)29(48-20(4)39)30(49-25)34-26(40)14-24(33(43)45-15-21-10-6-5-7-11-21)50-35-31(41)22-12-8-9-13-23(22)32(35)42/h5-13,24-25,27-30H,14-16H2,1-4H3,(H,34,40)/t24-,25-,27-,28+,29-,30-/m1/s1. The van der Waals surface area contributed by atoms with E-state index in [2.05, 4.69) is 5.32 Å². The lowest BCUT2D eigenvalue weighted by Crippen LogP contribution is -2.66. The first kappa shape index (κ1) is 37.1. The molecule has 0 bridgehead atoms. The van der Waals surface area contributed by atoms with Crippen LogP contribution >= 0.6 is 0 Å². The van der Waals surface area contributed by atoms with Gasteiger partial charge in [0, 0.05) is 27.7 Å². The van der Waals surface area contributed by atoms with Crippen molar-refractivity contribution in [3.8, 4) is 0 Å². The fraction of sp³-hybridized carbons (Fsp3) is 0.394. The summed E-state index contributed by atoms with van der Waals surface area (Å²) < 4.78 is 32.3. The molecule has 3 amide bonds. The number of esters is 5. The van der Waals surface area contributed by atoms with Gasteiger partial charge in [0.25, 0.3) is 11.8 Å². The number of hydrogen-bond acceptors (Lipinski definition) is 15. The maximum absolute atomic E-state index is 13.6. The highest BCUT2D eigenvalue weighted by Crippen LogP contribution is 2.29. The van der Waals surface area contributed by atoms with Gasteiger partial charge < -0.3 is 33.7 Å². The van der Waals surface area contributed by atoms with Crippen molar-refractivity contribution < 1.29 is 71.6 Å². The molecular formula is C33H34N2O15. The molecule has 266 valence electrons. The number of rotatable bonds is 13. The molecule has 0 aliphatic carbocycles. The van der Waals surface area contributed by atoms with Gasteiger partial charge in [-0.05, 0) is 17.7 Å². The van der Waals surface area contributed by atoms with Crippen LogP contribution in [0.5, 0.6) is 0 Å². The second-order valence-electron chi connectivity index (χ2n) is 11.0. The first-order valence-corrected chi connectivity index (χ1v) is 15.2. The second-order valence-corrected chi connectivity index (χ2v) is 11.0. The molecule has 1 fully saturated rings. The Kier molecular flexibility index (Phi) is 12.3. The fourth-order valence-electron chi connectivity index (χ4n) is 5.11.